The molecular formula is C18H22N4O. The van der Waals surface area contributed by atoms with E-state index in [2.05, 4.69) is 33.0 Å². The topological polar surface area (TPSA) is 66.9 Å². The summed E-state index contributed by atoms with van der Waals surface area (Å²) in [4.78, 5) is 12.1. The zero-order valence-corrected chi connectivity index (χ0v) is 13.2. The molecule has 0 spiro atoms. The Hall–Kier alpha value is -2.43. The molecule has 2 aromatic rings. The molecule has 0 atom stereocenters. The summed E-state index contributed by atoms with van der Waals surface area (Å²) in [5.74, 6) is 0.568. The van der Waals surface area contributed by atoms with Crippen LogP contribution in [0.5, 0.6) is 0 Å². The number of carbonyl (C=O) groups is 1. The third-order valence-electron chi connectivity index (χ3n) is 4.15. The standard InChI is InChI=1S/C18H22N4O/c23-18(19-13-12-14-6-2-1-3-7-14)16-10-11-17(22-21-16)20-15-8-4-5-9-15/h1-3,6-7,10-11,15H,4-5,8-9,12-13H2,(H,19,23)(H,20,22). The van der Waals surface area contributed by atoms with Gasteiger partial charge in [-0.05, 0) is 37.0 Å². The van der Waals surface area contributed by atoms with Crippen LogP contribution in [0.1, 0.15) is 41.7 Å². The van der Waals surface area contributed by atoms with Crippen LogP contribution in [-0.4, -0.2) is 28.7 Å². The fraction of sp³-hybridized carbons (Fsp3) is 0.389. The first-order valence-corrected chi connectivity index (χ1v) is 8.23. The Balaban J connectivity index is 1.47. The van der Waals surface area contributed by atoms with Gasteiger partial charge in [0.2, 0.25) is 0 Å². The Labute approximate surface area is 136 Å². The molecule has 1 aromatic heterocycles. The molecule has 5 nitrogen and oxygen atoms in total. The normalized spacial score (nSPS) is 14.6. The maximum Gasteiger partial charge on any atom is 0.271 e. The quantitative estimate of drug-likeness (QED) is 0.861. The molecule has 23 heavy (non-hydrogen) atoms. The SMILES string of the molecule is O=C(NCCc1ccccc1)c1ccc(NC2CCCC2)nn1. The largest absolute Gasteiger partial charge is 0.366 e. The summed E-state index contributed by atoms with van der Waals surface area (Å²) in [5, 5.41) is 14.4. The van der Waals surface area contributed by atoms with Crippen LogP contribution in [0.25, 0.3) is 0 Å². The summed E-state index contributed by atoms with van der Waals surface area (Å²) in [5.41, 5.74) is 1.56. The van der Waals surface area contributed by atoms with Crippen LogP contribution in [0.3, 0.4) is 0 Å². The van der Waals surface area contributed by atoms with Crippen molar-refractivity contribution >= 4 is 11.7 Å². The van der Waals surface area contributed by atoms with Crippen LogP contribution in [0.4, 0.5) is 5.82 Å². The minimum Gasteiger partial charge on any atom is -0.366 e. The van der Waals surface area contributed by atoms with E-state index in [1.165, 1.54) is 31.2 Å². The summed E-state index contributed by atoms with van der Waals surface area (Å²) >= 11 is 0. The lowest BCUT2D eigenvalue weighted by atomic mass is 10.1. The van der Waals surface area contributed by atoms with Crippen molar-refractivity contribution in [2.75, 3.05) is 11.9 Å². The Bertz CT molecular complexity index is 621. The van der Waals surface area contributed by atoms with E-state index in [0.29, 0.717) is 18.3 Å². The molecular weight excluding hydrogens is 288 g/mol. The summed E-state index contributed by atoms with van der Waals surface area (Å²) in [6, 6.07) is 14.1. The van der Waals surface area contributed by atoms with E-state index in [-0.39, 0.29) is 5.91 Å². The lowest BCUT2D eigenvalue weighted by Gasteiger charge is -2.11. The Kier molecular flexibility index (Phi) is 5.19. The molecule has 5 heteroatoms. The van der Waals surface area contributed by atoms with Gasteiger partial charge in [-0.15, -0.1) is 10.2 Å². The van der Waals surface area contributed by atoms with Crippen molar-refractivity contribution in [2.24, 2.45) is 0 Å². The number of benzene rings is 1. The van der Waals surface area contributed by atoms with E-state index in [1.54, 1.807) is 6.07 Å². The minimum absolute atomic E-state index is 0.180. The fourth-order valence-corrected chi connectivity index (χ4v) is 2.87. The molecule has 0 bridgehead atoms. The smallest absolute Gasteiger partial charge is 0.271 e. The Morgan fingerprint density at radius 2 is 1.83 bits per heavy atom. The average molecular weight is 310 g/mol. The summed E-state index contributed by atoms with van der Waals surface area (Å²) in [7, 11) is 0. The highest BCUT2D eigenvalue weighted by molar-refractivity contribution is 5.92. The minimum atomic E-state index is -0.180. The Morgan fingerprint density at radius 3 is 2.52 bits per heavy atom. The van der Waals surface area contributed by atoms with Crippen LogP contribution in [0.2, 0.25) is 0 Å². The zero-order valence-electron chi connectivity index (χ0n) is 13.2. The number of nitrogens with zero attached hydrogens (tertiary/aromatic N) is 2. The molecule has 1 aromatic carbocycles. The molecule has 1 fully saturated rings. The lowest BCUT2D eigenvalue weighted by molar-refractivity contribution is 0.0948. The molecule has 1 aliphatic carbocycles. The number of carbonyl (C=O) groups excluding carboxylic acids is 1. The van der Waals surface area contributed by atoms with Gasteiger partial charge < -0.3 is 10.6 Å². The Morgan fingerprint density at radius 1 is 1.04 bits per heavy atom. The first kappa shape index (κ1) is 15.5. The third kappa shape index (κ3) is 4.52. The third-order valence-corrected chi connectivity index (χ3v) is 4.15. The van der Waals surface area contributed by atoms with Crippen molar-refractivity contribution in [3.63, 3.8) is 0 Å². The lowest BCUT2D eigenvalue weighted by Crippen LogP contribution is -2.27. The van der Waals surface area contributed by atoms with E-state index >= 15 is 0 Å². The van der Waals surface area contributed by atoms with E-state index in [0.717, 1.165) is 12.2 Å². The van der Waals surface area contributed by atoms with Gasteiger partial charge in [0.05, 0.1) is 0 Å². The monoisotopic (exact) mass is 310 g/mol. The second-order valence-electron chi connectivity index (χ2n) is 5.92. The molecule has 120 valence electrons. The predicted molar refractivity (Wildman–Crippen MR) is 90.4 cm³/mol. The number of amides is 1. The van der Waals surface area contributed by atoms with Gasteiger partial charge in [0.15, 0.2) is 5.69 Å². The molecule has 1 saturated carbocycles. The van der Waals surface area contributed by atoms with Crippen LogP contribution < -0.4 is 10.6 Å². The van der Waals surface area contributed by atoms with E-state index in [9.17, 15) is 4.79 Å². The highest BCUT2D eigenvalue weighted by Gasteiger charge is 2.15. The van der Waals surface area contributed by atoms with Gasteiger partial charge in [0.1, 0.15) is 5.82 Å². The number of nitrogens with one attached hydrogen (secondary N) is 2. The maximum absolute atomic E-state index is 12.1. The van der Waals surface area contributed by atoms with Gasteiger partial charge in [-0.3, -0.25) is 4.79 Å². The summed E-state index contributed by atoms with van der Waals surface area (Å²) < 4.78 is 0. The van der Waals surface area contributed by atoms with Gasteiger partial charge in [-0.2, -0.15) is 0 Å². The van der Waals surface area contributed by atoms with Crippen molar-refractivity contribution in [1.29, 1.82) is 0 Å². The maximum atomic E-state index is 12.1. The number of rotatable bonds is 6. The molecule has 1 heterocycles. The average Bonchev–Trinajstić information content (AvgIpc) is 3.09. The van der Waals surface area contributed by atoms with Crippen LogP contribution >= 0.6 is 0 Å². The first-order valence-electron chi connectivity index (χ1n) is 8.23. The molecule has 0 unspecified atom stereocenters. The van der Waals surface area contributed by atoms with Crippen molar-refractivity contribution in [3.8, 4) is 0 Å². The van der Waals surface area contributed by atoms with Gasteiger partial charge >= 0.3 is 0 Å². The second kappa shape index (κ2) is 7.72. The van der Waals surface area contributed by atoms with Crippen molar-refractivity contribution in [2.45, 2.75) is 38.1 Å². The van der Waals surface area contributed by atoms with Crippen LogP contribution in [0.15, 0.2) is 42.5 Å². The van der Waals surface area contributed by atoms with Crippen molar-refractivity contribution < 1.29 is 4.79 Å². The molecule has 2 N–H and O–H groups in total. The van der Waals surface area contributed by atoms with Gasteiger partial charge in [0, 0.05) is 12.6 Å². The van der Waals surface area contributed by atoms with Crippen LogP contribution in [0, 0.1) is 0 Å². The predicted octanol–water partition coefficient (Wildman–Crippen LogP) is 2.80. The molecule has 0 saturated heterocycles. The summed E-state index contributed by atoms with van der Waals surface area (Å²) in [6.45, 7) is 0.590. The highest BCUT2D eigenvalue weighted by atomic mass is 16.1. The van der Waals surface area contributed by atoms with Crippen molar-refractivity contribution in [1.82, 2.24) is 15.5 Å². The number of aromatic nitrogens is 2. The van der Waals surface area contributed by atoms with Gasteiger partial charge in [-0.1, -0.05) is 43.2 Å². The molecule has 0 radical (unpaired) electrons. The van der Waals surface area contributed by atoms with Gasteiger partial charge in [0.25, 0.3) is 5.91 Å². The molecule has 1 aliphatic rings. The van der Waals surface area contributed by atoms with Crippen LogP contribution in [-0.2, 0) is 6.42 Å². The van der Waals surface area contributed by atoms with E-state index in [4.69, 9.17) is 0 Å². The summed E-state index contributed by atoms with van der Waals surface area (Å²) in [6.07, 6.45) is 5.72. The molecule has 1 amide bonds. The zero-order chi connectivity index (χ0) is 15.9. The van der Waals surface area contributed by atoms with Gasteiger partial charge in [-0.25, -0.2) is 0 Å². The second-order valence-corrected chi connectivity index (χ2v) is 5.92. The first-order chi connectivity index (χ1) is 11.3. The number of anilines is 1. The van der Waals surface area contributed by atoms with Crippen molar-refractivity contribution in [3.05, 3.63) is 53.7 Å². The fourth-order valence-electron chi connectivity index (χ4n) is 2.87. The number of hydrogen-bond donors (Lipinski definition) is 2. The van der Waals surface area contributed by atoms with E-state index in [1.807, 2.05) is 24.3 Å². The molecule has 0 aliphatic heterocycles. The molecule has 3 rings (SSSR count). The highest BCUT2D eigenvalue weighted by Crippen LogP contribution is 2.20. The number of hydrogen-bond acceptors (Lipinski definition) is 4. The van der Waals surface area contributed by atoms with E-state index < -0.39 is 0 Å².